The lowest BCUT2D eigenvalue weighted by atomic mass is 10.0. The molecule has 0 fully saturated rings. The zero-order valence-electron chi connectivity index (χ0n) is 12.4. The number of amides is 3. The summed E-state index contributed by atoms with van der Waals surface area (Å²) in [7, 11) is 0. The van der Waals surface area contributed by atoms with Crippen molar-refractivity contribution in [3.05, 3.63) is 34.9 Å². The fraction of sp³-hybridized carbons (Fsp3) is 0.400. The van der Waals surface area contributed by atoms with Gasteiger partial charge in [0, 0.05) is 6.42 Å². The van der Waals surface area contributed by atoms with Crippen molar-refractivity contribution in [2.75, 3.05) is 13.1 Å². The molecule has 1 aromatic carbocycles. The third-order valence-corrected chi connectivity index (χ3v) is 3.15. The molecule has 4 N–H and O–H groups in total. The van der Waals surface area contributed by atoms with Crippen LogP contribution < -0.4 is 11.5 Å². The fourth-order valence-corrected chi connectivity index (χ4v) is 2.13. The molecule has 1 aromatic rings. The Balaban J connectivity index is 2.68. The molecule has 1 rings (SSSR count). The summed E-state index contributed by atoms with van der Waals surface area (Å²) in [4.78, 5) is 35.0. The van der Waals surface area contributed by atoms with Gasteiger partial charge in [-0.1, -0.05) is 23.8 Å². The van der Waals surface area contributed by atoms with Gasteiger partial charge >= 0.3 is 0 Å². The number of rotatable bonds is 7. The minimum Gasteiger partial charge on any atom is -0.368 e. The van der Waals surface area contributed by atoms with Gasteiger partial charge in [-0.05, 0) is 31.4 Å². The van der Waals surface area contributed by atoms with Crippen molar-refractivity contribution in [3.8, 4) is 0 Å². The van der Waals surface area contributed by atoms with Crippen molar-refractivity contribution >= 4 is 17.7 Å². The van der Waals surface area contributed by atoms with E-state index in [9.17, 15) is 14.4 Å². The molecule has 6 heteroatoms. The van der Waals surface area contributed by atoms with Gasteiger partial charge in [0.25, 0.3) is 0 Å². The van der Waals surface area contributed by atoms with E-state index < -0.39 is 11.8 Å². The molecule has 0 aliphatic carbocycles. The van der Waals surface area contributed by atoms with Crippen molar-refractivity contribution in [1.82, 2.24) is 4.90 Å². The standard InChI is InChI=1S/C15H21N3O3/c1-10-3-4-12(11(2)7-10)5-6-15(21)18(8-13(16)19)9-14(17)20/h3-4,7H,5-6,8-9H2,1-2H3,(H2,16,19)(H2,17,20). The van der Waals surface area contributed by atoms with Crippen LogP contribution in [0.15, 0.2) is 18.2 Å². The van der Waals surface area contributed by atoms with Crippen molar-refractivity contribution in [2.45, 2.75) is 26.7 Å². The van der Waals surface area contributed by atoms with E-state index in [1.807, 2.05) is 32.0 Å². The number of aryl methyl sites for hydroxylation is 3. The molecule has 0 aliphatic rings. The molecule has 0 saturated carbocycles. The molecule has 0 aromatic heterocycles. The number of nitrogens with zero attached hydrogens (tertiary/aromatic N) is 1. The second-order valence-corrected chi connectivity index (χ2v) is 5.11. The summed E-state index contributed by atoms with van der Waals surface area (Å²) in [6.45, 7) is 3.39. The first-order valence-electron chi connectivity index (χ1n) is 6.70. The highest BCUT2D eigenvalue weighted by Crippen LogP contribution is 2.13. The lowest BCUT2D eigenvalue weighted by Crippen LogP contribution is -2.43. The summed E-state index contributed by atoms with van der Waals surface area (Å²) >= 11 is 0. The molecule has 114 valence electrons. The number of carbonyl (C=O) groups excluding carboxylic acids is 3. The zero-order chi connectivity index (χ0) is 16.0. The summed E-state index contributed by atoms with van der Waals surface area (Å²) in [6, 6.07) is 6.01. The maximum atomic E-state index is 12.1. The van der Waals surface area contributed by atoms with E-state index in [2.05, 4.69) is 0 Å². The minimum absolute atomic E-state index is 0.199. The van der Waals surface area contributed by atoms with Crippen LogP contribution in [0, 0.1) is 13.8 Å². The van der Waals surface area contributed by atoms with Crippen LogP contribution in [0.25, 0.3) is 0 Å². The van der Waals surface area contributed by atoms with Crippen molar-refractivity contribution in [2.24, 2.45) is 11.5 Å². The Kier molecular flexibility index (Phi) is 5.90. The van der Waals surface area contributed by atoms with Gasteiger partial charge < -0.3 is 16.4 Å². The van der Waals surface area contributed by atoms with E-state index in [-0.39, 0.29) is 25.4 Å². The predicted molar refractivity (Wildman–Crippen MR) is 79.2 cm³/mol. The third kappa shape index (κ3) is 5.64. The zero-order valence-corrected chi connectivity index (χ0v) is 12.4. The number of carbonyl (C=O) groups is 3. The van der Waals surface area contributed by atoms with E-state index in [0.29, 0.717) is 6.42 Å². The van der Waals surface area contributed by atoms with Crippen LogP contribution in [0.3, 0.4) is 0 Å². The van der Waals surface area contributed by atoms with Crippen molar-refractivity contribution in [1.29, 1.82) is 0 Å². The Hall–Kier alpha value is -2.37. The summed E-state index contributed by atoms with van der Waals surface area (Å²) in [6.07, 6.45) is 0.740. The van der Waals surface area contributed by atoms with Gasteiger partial charge in [-0.15, -0.1) is 0 Å². The van der Waals surface area contributed by atoms with Crippen molar-refractivity contribution < 1.29 is 14.4 Å². The molecule has 0 saturated heterocycles. The molecular weight excluding hydrogens is 270 g/mol. The molecule has 21 heavy (non-hydrogen) atoms. The first-order chi connectivity index (χ1) is 9.79. The van der Waals surface area contributed by atoms with Crippen LogP contribution in [0.4, 0.5) is 0 Å². The Morgan fingerprint density at radius 3 is 2.10 bits per heavy atom. The second kappa shape index (κ2) is 7.42. The van der Waals surface area contributed by atoms with Crippen LogP contribution >= 0.6 is 0 Å². The first-order valence-corrected chi connectivity index (χ1v) is 6.70. The Morgan fingerprint density at radius 2 is 1.62 bits per heavy atom. The summed E-state index contributed by atoms with van der Waals surface area (Å²) < 4.78 is 0. The van der Waals surface area contributed by atoms with Gasteiger partial charge in [-0.2, -0.15) is 0 Å². The molecule has 0 aliphatic heterocycles. The molecule has 0 atom stereocenters. The average Bonchev–Trinajstić information content (AvgIpc) is 2.35. The fourth-order valence-electron chi connectivity index (χ4n) is 2.13. The molecule has 6 nitrogen and oxygen atoms in total. The van der Waals surface area contributed by atoms with Crippen LogP contribution in [0.2, 0.25) is 0 Å². The molecule has 0 heterocycles. The maximum absolute atomic E-state index is 12.1. The highest BCUT2D eigenvalue weighted by atomic mass is 16.2. The first kappa shape index (κ1) is 16.7. The average molecular weight is 291 g/mol. The number of primary amides is 2. The van der Waals surface area contributed by atoms with Gasteiger partial charge in [0.05, 0.1) is 13.1 Å². The lowest BCUT2D eigenvalue weighted by molar-refractivity contribution is -0.138. The maximum Gasteiger partial charge on any atom is 0.237 e. The minimum atomic E-state index is -0.670. The quantitative estimate of drug-likeness (QED) is 0.740. The molecular formula is C15H21N3O3. The van der Waals surface area contributed by atoms with Crippen LogP contribution in [0.5, 0.6) is 0 Å². The molecule has 3 amide bonds. The predicted octanol–water partition coefficient (Wildman–Crippen LogP) is 0.0352. The van der Waals surface area contributed by atoms with E-state index >= 15 is 0 Å². The largest absolute Gasteiger partial charge is 0.368 e. The van der Waals surface area contributed by atoms with Gasteiger partial charge in [-0.3, -0.25) is 14.4 Å². The Morgan fingerprint density at radius 1 is 1.05 bits per heavy atom. The highest BCUT2D eigenvalue weighted by molar-refractivity contribution is 5.88. The Bertz CT molecular complexity index is 539. The van der Waals surface area contributed by atoms with E-state index in [1.165, 1.54) is 0 Å². The number of benzene rings is 1. The normalized spacial score (nSPS) is 10.2. The summed E-state index contributed by atoms with van der Waals surface area (Å²) in [5.41, 5.74) is 13.5. The highest BCUT2D eigenvalue weighted by Gasteiger charge is 2.17. The topological polar surface area (TPSA) is 106 Å². The molecule has 0 spiro atoms. The van der Waals surface area contributed by atoms with Gasteiger partial charge in [0.1, 0.15) is 0 Å². The summed E-state index contributed by atoms with van der Waals surface area (Å²) in [5.74, 6) is -1.65. The van der Waals surface area contributed by atoms with Gasteiger partial charge in [0.15, 0.2) is 0 Å². The van der Waals surface area contributed by atoms with Crippen LogP contribution in [-0.2, 0) is 20.8 Å². The summed E-state index contributed by atoms with van der Waals surface area (Å²) in [5, 5.41) is 0. The lowest BCUT2D eigenvalue weighted by Gasteiger charge is -2.19. The monoisotopic (exact) mass is 291 g/mol. The second-order valence-electron chi connectivity index (χ2n) is 5.11. The third-order valence-electron chi connectivity index (χ3n) is 3.15. The van der Waals surface area contributed by atoms with Crippen molar-refractivity contribution in [3.63, 3.8) is 0 Å². The SMILES string of the molecule is Cc1ccc(CCC(=O)N(CC(N)=O)CC(N)=O)c(C)c1. The molecule has 0 unspecified atom stereocenters. The van der Waals surface area contributed by atoms with Gasteiger partial charge in [-0.25, -0.2) is 0 Å². The number of nitrogens with two attached hydrogens (primary N) is 2. The van der Waals surface area contributed by atoms with Gasteiger partial charge in [0.2, 0.25) is 17.7 Å². The number of hydrogen-bond acceptors (Lipinski definition) is 3. The van der Waals surface area contributed by atoms with E-state index in [1.54, 1.807) is 0 Å². The van der Waals surface area contributed by atoms with E-state index in [4.69, 9.17) is 11.5 Å². The molecule has 0 bridgehead atoms. The number of hydrogen-bond donors (Lipinski definition) is 2. The van der Waals surface area contributed by atoms with Crippen LogP contribution in [0.1, 0.15) is 23.1 Å². The van der Waals surface area contributed by atoms with Crippen LogP contribution in [-0.4, -0.2) is 35.7 Å². The van der Waals surface area contributed by atoms with E-state index in [0.717, 1.165) is 21.6 Å². The Labute approximate surface area is 124 Å². The molecule has 0 radical (unpaired) electrons. The smallest absolute Gasteiger partial charge is 0.237 e.